The largest absolute Gasteiger partial charge is 0.469 e. The summed E-state index contributed by atoms with van der Waals surface area (Å²) in [6.07, 6.45) is 2.20. The van der Waals surface area contributed by atoms with Crippen LogP contribution in [0.25, 0.3) is 0 Å². The van der Waals surface area contributed by atoms with Gasteiger partial charge in [-0.15, -0.1) is 0 Å². The molecule has 0 atom stereocenters. The number of benzene rings is 1. The average molecular weight is 314 g/mol. The third-order valence-electron chi connectivity index (χ3n) is 3.57. The summed E-state index contributed by atoms with van der Waals surface area (Å²) in [7, 11) is 1.35. The van der Waals surface area contributed by atoms with Crippen molar-refractivity contribution in [2.24, 2.45) is 5.41 Å². The Labute approximate surface area is 126 Å². The number of halogens is 2. The number of esters is 1. The summed E-state index contributed by atoms with van der Waals surface area (Å²) in [6, 6.07) is 2.85. The van der Waals surface area contributed by atoms with Gasteiger partial charge in [0, 0.05) is 0 Å². The minimum Gasteiger partial charge on any atom is -0.469 e. The molecule has 1 saturated carbocycles. The number of ether oxygens (including phenoxy) is 1. The second-order valence-corrected chi connectivity index (χ2v) is 6.28. The van der Waals surface area contributed by atoms with Gasteiger partial charge in [-0.1, -0.05) is 0 Å². The maximum atomic E-state index is 13.5. The molecule has 1 aliphatic rings. The number of hydrogen-bond donors (Lipinski definition) is 0. The van der Waals surface area contributed by atoms with E-state index in [4.69, 9.17) is 0 Å². The van der Waals surface area contributed by atoms with Gasteiger partial charge in [0.15, 0.2) is 5.78 Å². The van der Waals surface area contributed by atoms with Crippen LogP contribution in [0, 0.1) is 17.0 Å². The smallest absolute Gasteiger partial charge is 0.306 e. The second kappa shape index (κ2) is 6.56. The highest BCUT2D eigenvalue weighted by atomic mass is 32.2. The first-order chi connectivity index (χ1) is 9.96. The molecular formula is C15H16F2O3S. The van der Waals surface area contributed by atoms with Crippen molar-refractivity contribution in [2.45, 2.75) is 19.3 Å². The monoisotopic (exact) mass is 314 g/mol. The number of Topliss-reactive ketones (excluding diaryl/α,β-unsaturated/α-hetero) is 1. The van der Waals surface area contributed by atoms with E-state index in [1.807, 2.05) is 0 Å². The minimum atomic E-state index is -0.710. The molecule has 0 saturated heterocycles. The van der Waals surface area contributed by atoms with Crippen molar-refractivity contribution in [1.29, 1.82) is 0 Å². The highest BCUT2D eigenvalue weighted by Crippen LogP contribution is 2.51. The van der Waals surface area contributed by atoms with Gasteiger partial charge in [0.25, 0.3) is 0 Å². The molecule has 0 aromatic heterocycles. The molecule has 1 fully saturated rings. The Morgan fingerprint density at radius 3 is 2.67 bits per heavy atom. The molecule has 1 aliphatic carbocycles. The molecule has 0 bridgehead atoms. The first kappa shape index (κ1) is 15.9. The highest BCUT2D eigenvalue weighted by molar-refractivity contribution is 8.00. The Kier molecular flexibility index (Phi) is 4.98. The minimum absolute atomic E-state index is 0.0727. The molecule has 0 amide bonds. The number of thioether (sulfide) groups is 1. The van der Waals surface area contributed by atoms with Crippen LogP contribution >= 0.6 is 11.8 Å². The van der Waals surface area contributed by atoms with Gasteiger partial charge in [-0.05, 0) is 42.2 Å². The predicted octanol–water partition coefficient (Wildman–Crippen LogP) is 3.22. The summed E-state index contributed by atoms with van der Waals surface area (Å²) in [6.45, 7) is 0. The Balaban J connectivity index is 1.85. The molecular weight excluding hydrogens is 298 g/mol. The van der Waals surface area contributed by atoms with Crippen molar-refractivity contribution in [3.63, 3.8) is 0 Å². The molecule has 21 heavy (non-hydrogen) atoms. The van der Waals surface area contributed by atoms with Crippen LogP contribution in [0.3, 0.4) is 0 Å². The lowest BCUT2D eigenvalue weighted by Crippen LogP contribution is -2.14. The summed E-state index contributed by atoms with van der Waals surface area (Å²) in [5.41, 5.74) is -0.307. The molecule has 0 aliphatic heterocycles. The topological polar surface area (TPSA) is 43.4 Å². The van der Waals surface area contributed by atoms with E-state index in [2.05, 4.69) is 4.74 Å². The van der Waals surface area contributed by atoms with Gasteiger partial charge in [-0.25, -0.2) is 8.78 Å². The average Bonchev–Trinajstić information content (AvgIpc) is 3.21. The molecule has 2 rings (SSSR count). The van der Waals surface area contributed by atoms with Crippen LogP contribution in [-0.2, 0) is 9.53 Å². The Bertz CT molecular complexity index is 556. The van der Waals surface area contributed by atoms with Crippen LogP contribution in [0.15, 0.2) is 18.2 Å². The normalized spacial score (nSPS) is 15.6. The van der Waals surface area contributed by atoms with Gasteiger partial charge in [-0.2, -0.15) is 11.8 Å². The fourth-order valence-electron chi connectivity index (χ4n) is 2.08. The van der Waals surface area contributed by atoms with E-state index in [0.29, 0.717) is 12.2 Å². The van der Waals surface area contributed by atoms with Gasteiger partial charge >= 0.3 is 5.97 Å². The van der Waals surface area contributed by atoms with Gasteiger partial charge in [0.2, 0.25) is 0 Å². The zero-order valence-corrected chi connectivity index (χ0v) is 12.5. The summed E-state index contributed by atoms with van der Waals surface area (Å²) in [5, 5.41) is 0. The number of hydrogen-bond acceptors (Lipinski definition) is 4. The first-order valence-electron chi connectivity index (χ1n) is 6.59. The molecule has 0 heterocycles. The van der Waals surface area contributed by atoms with Crippen molar-refractivity contribution in [3.05, 3.63) is 35.4 Å². The molecule has 1 aromatic rings. The molecule has 0 N–H and O–H groups in total. The summed E-state index contributed by atoms with van der Waals surface area (Å²) in [4.78, 5) is 23.2. The lowest BCUT2D eigenvalue weighted by molar-refractivity contribution is -0.141. The van der Waals surface area contributed by atoms with Crippen LogP contribution in [-0.4, -0.2) is 30.4 Å². The van der Waals surface area contributed by atoms with Crippen molar-refractivity contribution in [3.8, 4) is 0 Å². The van der Waals surface area contributed by atoms with Crippen LogP contribution in [0.1, 0.15) is 29.6 Å². The van der Waals surface area contributed by atoms with E-state index in [0.717, 1.165) is 31.0 Å². The van der Waals surface area contributed by atoms with Gasteiger partial charge in [-0.3, -0.25) is 9.59 Å². The summed E-state index contributed by atoms with van der Waals surface area (Å²) in [5.74, 6) is -1.32. The first-order valence-corrected chi connectivity index (χ1v) is 7.74. The summed E-state index contributed by atoms with van der Waals surface area (Å²) >= 11 is 1.35. The Morgan fingerprint density at radius 2 is 2.05 bits per heavy atom. The predicted molar refractivity (Wildman–Crippen MR) is 76.3 cm³/mol. The van der Waals surface area contributed by atoms with Crippen molar-refractivity contribution < 1.29 is 23.1 Å². The fourth-order valence-corrected chi connectivity index (χ4v) is 3.34. The SMILES string of the molecule is COC(=O)CC1(CSCC(=O)c2cc(F)ccc2F)CC1. The van der Waals surface area contributed by atoms with E-state index in [-0.39, 0.29) is 22.7 Å². The van der Waals surface area contributed by atoms with Crippen molar-refractivity contribution >= 4 is 23.5 Å². The summed E-state index contributed by atoms with van der Waals surface area (Å²) < 4.78 is 31.1. The molecule has 0 radical (unpaired) electrons. The third kappa shape index (κ3) is 4.27. The van der Waals surface area contributed by atoms with Crippen molar-refractivity contribution in [1.82, 2.24) is 0 Å². The molecule has 114 valence electrons. The van der Waals surface area contributed by atoms with E-state index in [9.17, 15) is 18.4 Å². The fraction of sp³-hybridized carbons (Fsp3) is 0.467. The standard InChI is InChI=1S/C15H16F2O3S/c1-20-14(19)7-15(4-5-15)9-21-8-13(18)11-6-10(16)2-3-12(11)17/h2-3,6H,4-5,7-9H2,1H3. The Morgan fingerprint density at radius 1 is 1.33 bits per heavy atom. The zero-order valence-electron chi connectivity index (χ0n) is 11.7. The van der Waals surface area contributed by atoms with Crippen LogP contribution in [0.4, 0.5) is 8.78 Å². The van der Waals surface area contributed by atoms with E-state index in [1.54, 1.807) is 0 Å². The Hall–Kier alpha value is -1.43. The maximum absolute atomic E-state index is 13.5. The lowest BCUT2D eigenvalue weighted by atomic mass is 10.1. The lowest BCUT2D eigenvalue weighted by Gasteiger charge is -2.12. The highest BCUT2D eigenvalue weighted by Gasteiger charge is 2.44. The van der Waals surface area contributed by atoms with Gasteiger partial charge in [0.1, 0.15) is 11.6 Å². The van der Waals surface area contributed by atoms with Crippen LogP contribution in [0.2, 0.25) is 0 Å². The number of methoxy groups -OCH3 is 1. The van der Waals surface area contributed by atoms with Crippen LogP contribution < -0.4 is 0 Å². The number of ketones is 1. The quantitative estimate of drug-likeness (QED) is 0.572. The molecule has 0 spiro atoms. The molecule has 3 nitrogen and oxygen atoms in total. The number of rotatable bonds is 7. The zero-order chi connectivity index (χ0) is 15.5. The van der Waals surface area contributed by atoms with E-state index >= 15 is 0 Å². The number of carbonyl (C=O) groups is 2. The maximum Gasteiger partial charge on any atom is 0.306 e. The molecule has 0 unspecified atom stereocenters. The molecule has 1 aromatic carbocycles. The molecule has 6 heteroatoms. The van der Waals surface area contributed by atoms with E-state index in [1.165, 1.54) is 18.9 Å². The van der Waals surface area contributed by atoms with E-state index < -0.39 is 17.4 Å². The van der Waals surface area contributed by atoms with Gasteiger partial charge in [0.05, 0.1) is 24.8 Å². The number of carbonyl (C=O) groups excluding carboxylic acids is 2. The van der Waals surface area contributed by atoms with Crippen LogP contribution in [0.5, 0.6) is 0 Å². The second-order valence-electron chi connectivity index (χ2n) is 5.29. The van der Waals surface area contributed by atoms with Crippen molar-refractivity contribution in [2.75, 3.05) is 18.6 Å². The van der Waals surface area contributed by atoms with Gasteiger partial charge < -0.3 is 4.74 Å². The third-order valence-corrected chi connectivity index (χ3v) is 4.86.